The predicted octanol–water partition coefficient (Wildman–Crippen LogP) is 4.53. The molecule has 13 heavy (non-hydrogen) atoms. The fourth-order valence-electron chi connectivity index (χ4n) is 1.26. The van der Waals surface area contributed by atoms with Gasteiger partial charge >= 0.3 is 0 Å². The maximum absolute atomic E-state index is 5.91. The lowest BCUT2D eigenvalue weighted by molar-refractivity contribution is 1.33. The first-order valence-corrected chi connectivity index (χ1v) is 6.61. The number of alkyl halides is 1. The summed E-state index contributed by atoms with van der Waals surface area (Å²) in [4.78, 5) is 1.02. The van der Waals surface area contributed by atoms with E-state index in [9.17, 15) is 0 Å². The molecule has 1 aromatic heterocycles. The minimum Gasteiger partial charge on any atom is -0.143 e. The Bertz CT molecular complexity index is 450. The molecule has 2 aromatic rings. The molecule has 0 nitrogen and oxygen atoms in total. The molecule has 0 aliphatic rings. The van der Waals surface area contributed by atoms with E-state index in [0.29, 0.717) is 5.88 Å². The molecule has 68 valence electrons. The van der Waals surface area contributed by atoms with Gasteiger partial charge in [-0.05, 0) is 51.1 Å². The standard InChI is InChI=1S/C9H6ClIS2/c10-4-6-8(11)7(12)3-5-1-2-13-9(5)6/h1-3,12H,4H2. The Balaban J connectivity index is 2.87. The molecular weight excluding hydrogens is 335 g/mol. The van der Waals surface area contributed by atoms with Crippen molar-refractivity contribution in [3.63, 3.8) is 0 Å². The number of rotatable bonds is 1. The summed E-state index contributed by atoms with van der Waals surface area (Å²) in [6, 6.07) is 4.19. The smallest absolute Gasteiger partial charge is 0.0499 e. The zero-order valence-corrected chi connectivity index (χ0v) is 11.2. The van der Waals surface area contributed by atoms with Crippen molar-refractivity contribution in [2.24, 2.45) is 0 Å². The number of benzene rings is 1. The first-order valence-electron chi connectivity index (χ1n) is 3.67. The molecule has 0 aliphatic heterocycles. The Labute approximate surface area is 105 Å². The number of hydrogen-bond donors (Lipinski definition) is 1. The van der Waals surface area contributed by atoms with Crippen LogP contribution in [-0.2, 0) is 5.88 Å². The molecule has 0 radical (unpaired) electrons. The van der Waals surface area contributed by atoms with Crippen molar-refractivity contribution < 1.29 is 0 Å². The second kappa shape index (κ2) is 3.96. The molecule has 4 heteroatoms. The second-order valence-electron chi connectivity index (χ2n) is 2.66. The Hall–Kier alpha value is 0.550. The Morgan fingerprint density at radius 1 is 1.54 bits per heavy atom. The Morgan fingerprint density at radius 3 is 3.00 bits per heavy atom. The van der Waals surface area contributed by atoms with E-state index in [1.54, 1.807) is 11.3 Å². The van der Waals surface area contributed by atoms with E-state index in [4.69, 9.17) is 11.6 Å². The highest BCUT2D eigenvalue weighted by molar-refractivity contribution is 14.1. The first kappa shape index (κ1) is 10.1. The van der Waals surface area contributed by atoms with Crippen molar-refractivity contribution in [1.29, 1.82) is 0 Å². The number of hydrogen-bond acceptors (Lipinski definition) is 2. The van der Waals surface area contributed by atoms with Crippen molar-refractivity contribution in [2.45, 2.75) is 10.8 Å². The van der Waals surface area contributed by atoms with Crippen LogP contribution in [0.5, 0.6) is 0 Å². The van der Waals surface area contributed by atoms with E-state index in [1.807, 2.05) is 0 Å². The lowest BCUT2D eigenvalue weighted by Crippen LogP contribution is -1.86. The number of thiol groups is 1. The molecule has 0 atom stereocenters. The molecule has 0 saturated carbocycles. The van der Waals surface area contributed by atoms with Gasteiger partial charge in [-0.3, -0.25) is 0 Å². The first-order chi connectivity index (χ1) is 6.24. The SMILES string of the molecule is Sc1cc2ccsc2c(CCl)c1I. The molecule has 1 heterocycles. The molecule has 0 N–H and O–H groups in total. The molecular formula is C9H6ClIS2. The van der Waals surface area contributed by atoms with Crippen LogP contribution in [0.1, 0.15) is 5.56 Å². The predicted molar refractivity (Wildman–Crippen MR) is 71.4 cm³/mol. The zero-order valence-electron chi connectivity index (χ0n) is 6.55. The van der Waals surface area contributed by atoms with Gasteiger partial charge in [0.1, 0.15) is 0 Å². The van der Waals surface area contributed by atoms with Crippen LogP contribution < -0.4 is 0 Å². The third-order valence-electron chi connectivity index (χ3n) is 1.89. The quantitative estimate of drug-likeness (QED) is 0.440. The van der Waals surface area contributed by atoms with Crippen molar-refractivity contribution in [2.75, 3.05) is 0 Å². The summed E-state index contributed by atoms with van der Waals surface area (Å²) in [6.45, 7) is 0. The minimum atomic E-state index is 0.559. The molecule has 0 bridgehead atoms. The molecule has 0 spiro atoms. The summed E-state index contributed by atoms with van der Waals surface area (Å²) < 4.78 is 2.46. The van der Waals surface area contributed by atoms with Gasteiger partial charge in [-0.15, -0.1) is 35.6 Å². The fraction of sp³-hybridized carbons (Fsp3) is 0.111. The van der Waals surface area contributed by atoms with Gasteiger partial charge in [-0.2, -0.15) is 0 Å². The van der Waals surface area contributed by atoms with Crippen LogP contribution in [0, 0.1) is 3.57 Å². The molecule has 0 unspecified atom stereocenters. The van der Waals surface area contributed by atoms with Gasteiger partial charge in [-0.1, -0.05) is 0 Å². The van der Waals surface area contributed by atoms with E-state index in [-0.39, 0.29) is 0 Å². The number of thiophene rings is 1. The molecule has 1 aromatic carbocycles. The zero-order chi connectivity index (χ0) is 9.42. The van der Waals surface area contributed by atoms with Gasteiger partial charge in [0.25, 0.3) is 0 Å². The van der Waals surface area contributed by atoms with E-state index in [0.717, 1.165) is 4.90 Å². The Morgan fingerprint density at radius 2 is 2.31 bits per heavy atom. The summed E-state index contributed by atoms with van der Waals surface area (Å²) in [7, 11) is 0. The summed E-state index contributed by atoms with van der Waals surface area (Å²) in [5, 5.41) is 3.33. The van der Waals surface area contributed by atoms with Crippen LogP contribution in [0.3, 0.4) is 0 Å². The lowest BCUT2D eigenvalue weighted by atomic mass is 10.2. The van der Waals surface area contributed by atoms with Crippen molar-refractivity contribution in [1.82, 2.24) is 0 Å². The van der Waals surface area contributed by atoms with Crippen LogP contribution in [0.2, 0.25) is 0 Å². The van der Waals surface area contributed by atoms with Gasteiger partial charge in [0.05, 0.1) is 0 Å². The normalized spacial score (nSPS) is 11.0. The van der Waals surface area contributed by atoms with Crippen LogP contribution in [0.4, 0.5) is 0 Å². The molecule has 2 rings (SSSR count). The van der Waals surface area contributed by atoms with E-state index >= 15 is 0 Å². The van der Waals surface area contributed by atoms with E-state index < -0.39 is 0 Å². The van der Waals surface area contributed by atoms with Crippen LogP contribution in [0.25, 0.3) is 10.1 Å². The largest absolute Gasteiger partial charge is 0.143 e. The van der Waals surface area contributed by atoms with Crippen molar-refractivity contribution in [3.05, 3.63) is 26.6 Å². The minimum absolute atomic E-state index is 0.559. The van der Waals surface area contributed by atoms with E-state index in [1.165, 1.54) is 19.2 Å². The highest BCUT2D eigenvalue weighted by atomic mass is 127. The monoisotopic (exact) mass is 340 g/mol. The van der Waals surface area contributed by atoms with E-state index in [2.05, 4.69) is 52.7 Å². The molecule has 0 aliphatic carbocycles. The van der Waals surface area contributed by atoms with Gasteiger partial charge in [0, 0.05) is 19.0 Å². The van der Waals surface area contributed by atoms with Crippen LogP contribution in [0.15, 0.2) is 22.4 Å². The maximum Gasteiger partial charge on any atom is 0.0499 e. The Kier molecular flexibility index (Phi) is 3.07. The average Bonchev–Trinajstić information content (AvgIpc) is 2.54. The summed E-state index contributed by atoms with van der Waals surface area (Å²) in [6.07, 6.45) is 0. The van der Waals surface area contributed by atoms with Gasteiger partial charge < -0.3 is 0 Å². The third-order valence-corrected chi connectivity index (χ3v) is 5.15. The number of fused-ring (bicyclic) bond motifs is 1. The molecule has 0 fully saturated rings. The molecule has 0 amide bonds. The lowest BCUT2D eigenvalue weighted by Gasteiger charge is -2.04. The van der Waals surface area contributed by atoms with Gasteiger partial charge in [0.15, 0.2) is 0 Å². The van der Waals surface area contributed by atoms with Gasteiger partial charge in [0.2, 0.25) is 0 Å². The highest BCUT2D eigenvalue weighted by Crippen LogP contribution is 2.33. The maximum atomic E-state index is 5.91. The summed E-state index contributed by atoms with van der Waals surface area (Å²) in [5.41, 5.74) is 1.21. The topological polar surface area (TPSA) is 0 Å². The van der Waals surface area contributed by atoms with Gasteiger partial charge in [-0.25, -0.2) is 0 Å². The summed E-state index contributed by atoms with van der Waals surface area (Å²) in [5.74, 6) is 0.559. The number of halogens is 2. The van der Waals surface area contributed by atoms with Crippen molar-refractivity contribution in [3.8, 4) is 0 Å². The second-order valence-corrected chi connectivity index (χ2v) is 5.40. The fourth-order valence-corrected chi connectivity index (χ4v) is 3.84. The van der Waals surface area contributed by atoms with Crippen molar-refractivity contribution >= 4 is 68.2 Å². The van der Waals surface area contributed by atoms with Crippen LogP contribution in [-0.4, -0.2) is 0 Å². The highest BCUT2D eigenvalue weighted by Gasteiger charge is 2.09. The average molecular weight is 341 g/mol. The van der Waals surface area contributed by atoms with Crippen LogP contribution >= 0.6 is 58.2 Å². The third kappa shape index (κ3) is 1.71. The molecule has 0 saturated heterocycles. The summed E-state index contributed by atoms with van der Waals surface area (Å²) >= 11 is 14.4.